The fourth-order valence-corrected chi connectivity index (χ4v) is 3.08. The van der Waals surface area contributed by atoms with Crippen LogP contribution in [-0.2, 0) is 11.3 Å². The Morgan fingerprint density at radius 3 is 2.59 bits per heavy atom. The third-order valence-corrected chi connectivity index (χ3v) is 4.76. The van der Waals surface area contributed by atoms with E-state index >= 15 is 0 Å². The Morgan fingerprint density at radius 1 is 1.22 bits per heavy atom. The molecule has 0 bridgehead atoms. The number of halogens is 1. The summed E-state index contributed by atoms with van der Waals surface area (Å²) in [5.74, 6) is 0.969. The predicted molar refractivity (Wildman–Crippen MR) is 102 cm³/mol. The van der Waals surface area contributed by atoms with E-state index in [-0.39, 0.29) is 24.3 Å². The highest BCUT2D eigenvalue weighted by molar-refractivity contribution is 9.10. The molecular weight excluding hydrogens is 416 g/mol. The molecule has 0 unspecified atom stereocenters. The molecule has 1 saturated carbocycles. The van der Waals surface area contributed by atoms with Crippen LogP contribution in [-0.4, -0.2) is 43.5 Å². The van der Waals surface area contributed by atoms with Gasteiger partial charge in [0.1, 0.15) is 11.5 Å². The molecule has 144 valence electrons. The Morgan fingerprint density at radius 2 is 2.00 bits per heavy atom. The minimum absolute atomic E-state index is 0.0973. The molecule has 1 aromatic heterocycles. The van der Waals surface area contributed by atoms with Crippen molar-refractivity contribution in [2.45, 2.75) is 25.4 Å². The standard InChI is InChI=1S/C19H21BrN2O5/c1-25-14-5-6-15(26-2)12(9-14)11-22(13-3-4-13)18(23)10-21-19(24)16-7-8-17(20)27-16/h5-9,13H,3-4,10-11H2,1-2H3,(H,21,24). The van der Waals surface area contributed by atoms with E-state index in [9.17, 15) is 9.59 Å². The van der Waals surface area contributed by atoms with E-state index in [2.05, 4.69) is 21.2 Å². The zero-order valence-electron chi connectivity index (χ0n) is 15.2. The number of furan rings is 1. The van der Waals surface area contributed by atoms with E-state index in [0.29, 0.717) is 22.7 Å². The molecule has 7 nitrogen and oxygen atoms in total. The summed E-state index contributed by atoms with van der Waals surface area (Å²) in [5.41, 5.74) is 0.860. The van der Waals surface area contributed by atoms with Crippen LogP contribution in [0.4, 0.5) is 0 Å². The number of ether oxygens (including phenoxy) is 2. The van der Waals surface area contributed by atoms with Gasteiger partial charge in [-0.15, -0.1) is 0 Å². The van der Waals surface area contributed by atoms with Crippen molar-refractivity contribution in [3.8, 4) is 11.5 Å². The highest BCUT2D eigenvalue weighted by Gasteiger charge is 2.33. The first kappa shape index (κ1) is 19.3. The minimum Gasteiger partial charge on any atom is -0.497 e. The largest absolute Gasteiger partial charge is 0.497 e. The number of nitrogens with one attached hydrogen (secondary N) is 1. The summed E-state index contributed by atoms with van der Waals surface area (Å²) in [6.45, 7) is 0.298. The molecule has 0 atom stereocenters. The average molecular weight is 437 g/mol. The first-order valence-corrected chi connectivity index (χ1v) is 9.35. The fourth-order valence-electron chi connectivity index (χ4n) is 2.78. The second kappa shape index (κ2) is 8.47. The fraction of sp³-hybridized carbons (Fsp3) is 0.368. The van der Waals surface area contributed by atoms with Crippen molar-refractivity contribution in [2.24, 2.45) is 0 Å². The molecule has 1 heterocycles. The quantitative estimate of drug-likeness (QED) is 0.687. The molecule has 0 saturated heterocycles. The van der Waals surface area contributed by atoms with Crippen LogP contribution < -0.4 is 14.8 Å². The van der Waals surface area contributed by atoms with E-state index in [1.165, 1.54) is 0 Å². The number of amides is 2. The van der Waals surface area contributed by atoms with Crippen molar-refractivity contribution < 1.29 is 23.5 Å². The molecule has 8 heteroatoms. The van der Waals surface area contributed by atoms with Crippen LogP contribution in [0.5, 0.6) is 11.5 Å². The maximum atomic E-state index is 12.7. The highest BCUT2D eigenvalue weighted by atomic mass is 79.9. The van der Waals surface area contributed by atoms with E-state index in [4.69, 9.17) is 13.9 Å². The predicted octanol–water partition coefficient (Wildman–Crippen LogP) is 2.98. The van der Waals surface area contributed by atoms with Crippen LogP contribution in [0, 0.1) is 0 Å². The van der Waals surface area contributed by atoms with Crippen molar-refractivity contribution in [3.63, 3.8) is 0 Å². The summed E-state index contributed by atoms with van der Waals surface area (Å²) in [4.78, 5) is 26.6. The summed E-state index contributed by atoms with van der Waals surface area (Å²) < 4.78 is 16.3. The molecular formula is C19H21BrN2O5. The zero-order chi connectivity index (χ0) is 19.4. The lowest BCUT2D eigenvalue weighted by molar-refractivity contribution is -0.131. The normalized spacial score (nSPS) is 13.1. The number of methoxy groups -OCH3 is 2. The number of benzene rings is 1. The molecule has 1 N–H and O–H groups in total. The Bertz CT molecular complexity index is 831. The van der Waals surface area contributed by atoms with Gasteiger partial charge >= 0.3 is 0 Å². The van der Waals surface area contributed by atoms with E-state index in [0.717, 1.165) is 18.4 Å². The minimum atomic E-state index is -0.427. The van der Waals surface area contributed by atoms with Gasteiger partial charge in [0, 0.05) is 18.2 Å². The van der Waals surface area contributed by atoms with Gasteiger partial charge in [0.2, 0.25) is 5.91 Å². The molecule has 2 amide bonds. The smallest absolute Gasteiger partial charge is 0.287 e. The maximum Gasteiger partial charge on any atom is 0.287 e. The number of rotatable bonds is 8. The molecule has 1 fully saturated rings. The molecule has 0 radical (unpaired) electrons. The van der Waals surface area contributed by atoms with Crippen LogP contribution in [0.2, 0.25) is 0 Å². The first-order valence-electron chi connectivity index (χ1n) is 8.55. The van der Waals surface area contributed by atoms with Gasteiger partial charge in [0.15, 0.2) is 10.4 Å². The third-order valence-electron chi connectivity index (χ3n) is 4.33. The van der Waals surface area contributed by atoms with Crippen molar-refractivity contribution in [2.75, 3.05) is 20.8 Å². The van der Waals surface area contributed by atoms with E-state index in [1.807, 2.05) is 18.2 Å². The number of hydrogen-bond acceptors (Lipinski definition) is 5. The van der Waals surface area contributed by atoms with Gasteiger partial charge in [0.05, 0.1) is 20.8 Å². The first-order chi connectivity index (χ1) is 13.0. The average Bonchev–Trinajstić information content (AvgIpc) is 3.43. The SMILES string of the molecule is COc1ccc(OC)c(CN(C(=O)CNC(=O)c2ccc(Br)o2)C2CC2)c1. The van der Waals surface area contributed by atoms with Gasteiger partial charge in [-0.1, -0.05) is 0 Å². The van der Waals surface area contributed by atoms with Crippen molar-refractivity contribution in [1.82, 2.24) is 10.2 Å². The lowest BCUT2D eigenvalue weighted by atomic mass is 10.1. The van der Waals surface area contributed by atoms with Crippen LogP contribution >= 0.6 is 15.9 Å². The van der Waals surface area contributed by atoms with Crippen LogP contribution in [0.15, 0.2) is 39.4 Å². The molecule has 0 spiro atoms. The van der Waals surface area contributed by atoms with Gasteiger partial charge in [-0.25, -0.2) is 0 Å². The second-order valence-electron chi connectivity index (χ2n) is 6.22. The molecule has 1 aliphatic carbocycles. The summed E-state index contributed by atoms with van der Waals surface area (Å²) >= 11 is 3.15. The van der Waals surface area contributed by atoms with Gasteiger partial charge in [-0.2, -0.15) is 0 Å². The Labute approximate surface area is 165 Å². The Kier molecular flexibility index (Phi) is 6.05. The summed E-state index contributed by atoms with van der Waals surface area (Å²) in [6.07, 6.45) is 1.91. The van der Waals surface area contributed by atoms with Crippen LogP contribution in [0.1, 0.15) is 29.0 Å². The van der Waals surface area contributed by atoms with Gasteiger partial charge in [-0.05, 0) is 59.1 Å². The molecule has 1 aromatic carbocycles. The Balaban J connectivity index is 1.67. The van der Waals surface area contributed by atoms with E-state index < -0.39 is 5.91 Å². The summed E-state index contributed by atoms with van der Waals surface area (Å²) in [5, 5.41) is 2.61. The van der Waals surface area contributed by atoms with Crippen molar-refractivity contribution in [1.29, 1.82) is 0 Å². The van der Waals surface area contributed by atoms with Gasteiger partial charge < -0.3 is 24.1 Å². The number of hydrogen-bond donors (Lipinski definition) is 1. The zero-order valence-corrected chi connectivity index (χ0v) is 16.7. The van der Waals surface area contributed by atoms with Gasteiger partial charge in [-0.3, -0.25) is 9.59 Å². The van der Waals surface area contributed by atoms with Crippen LogP contribution in [0.25, 0.3) is 0 Å². The molecule has 2 aromatic rings. The van der Waals surface area contributed by atoms with Crippen molar-refractivity contribution in [3.05, 3.63) is 46.3 Å². The highest BCUT2D eigenvalue weighted by Crippen LogP contribution is 2.32. The van der Waals surface area contributed by atoms with Crippen molar-refractivity contribution >= 4 is 27.7 Å². The lowest BCUT2D eigenvalue weighted by Crippen LogP contribution is -2.41. The Hall–Kier alpha value is -2.48. The van der Waals surface area contributed by atoms with Crippen LogP contribution in [0.3, 0.4) is 0 Å². The molecule has 0 aliphatic heterocycles. The molecule has 3 rings (SSSR count). The summed E-state index contributed by atoms with van der Waals surface area (Å²) in [6, 6.07) is 8.85. The molecule has 27 heavy (non-hydrogen) atoms. The second-order valence-corrected chi connectivity index (χ2v) is 7.00. The number of carbonyl (C=O) groups is 2. The monoisotopic (exact) mass is 436 g/mol. The third kappa shape index (κ3) is 4.82. The number of carbonyl (C=O) groups excluding carboxylic acids is 2. The molecule has 1 aliphatic rings. The summed E-state index contributed by atoms with van der Waals surface area (Å²) in [7, 11) is 3.19. The van der Waals surface area contributed by atoms with E-state index in [1.54, 1.807) is 31.3 Å². The maximum absolute atomic E-state index is 12.7. The van der Waals surface area contributed by atoms with Gasteiger partial charge in [0.25, 0.3) is 5.91 Å². The lowest BCUT2D eigenvalue weighted by Gasteiger charge is -2.24. The topological polar surface area (TPSA) is 81.0 Å². The number of nitrogens with zero attached hydrogens (tertiary/aromatic N) is 1.